The molecule has 0 aromatic heterocycles. The molecule has 1 aliphatic heterocycles. The topological polar surface area (TPSA) is 104 Å². The second-order valence-corrected chi connectivity index (χ2v) is 6.85. The van der Waals surface area contributed by atoms with Crippen LogP contribution in [0.25, 0.3) is 0 Å². The third-order valence-corrected chi connectivity index (χ3v) is 4.90. The number of rotatable bonds is 3. The number of hydrogen-bond acceptors (Lipinski definition) is 5. The number of nitrogens with one attached hydrogen (secondary N) is 2. The highest BCUT2D eigenvalue weighted by Gasteiger charge is 2.47. The van der Waals surface area contributed by atoms with Crippen LogP contribution in [0.3, 0.4) is 0 Å². The Balaban J connectivity index is 2.19. The zero-order valence-electron chi connectivity index (χ0n) is 13.7. The standard InChI is InChI=1S/C17H14Cl2FN3O4/c18-8-4-5-11-12(6-8)22-17(25)14(9-2-1-3-10(19)15(9)20)16(23(26)27)13(7-24)21-11/h1-6,13-14,16,21,24H,7H2,(H,22,25)/t13-,14-,16+/m1/s1. The zero-order chi connectivity index (χ0) is 19.7. The fraction of sp³-hybridized carbons (Fsp3) is 0.235. The SMILES string of the molecule is O=C1Nc2cc(Cl)ccc2N[C@H](CO)[C@H]([N+](=O)[O-])[C@H]1c1cccc(Cl)c1F. The summed E-state index contributed by atoms with van der Waals surface area (Å²) in [5.74, 6) is -3.26. The van der Waals surface area contributed by atoms with E-state index in [9.17, 15) is 24.4 Å². The van der Waals surface area contributed by atoms with Crippen molar-refractivity contribution in [3.63, 3.8) is 0 Å². The molecule has 27 heavy (non-hydrogen) atoms. The van der Waals surface area contributed by atoms with Gasteiger partial charge in [0.15, 0.2) is 0 Å². The van der Waals surface area contributed by atoms with E-state index in [4.69, 9.17) is 23.2 Å². The van der Waals surface area contributed by atoms with Crippen molar-refractivity contribution < 1.29 is 19.2 Å². The summed E-state index contributed by atoms with van der Waals surface area (Å²) >= 11 is 11.7. The maximum atomic E-state index is 14.6. The summed E-state index contributed by atoms with van der Waals surface area (Å²) in [6.45, 7) is -0.653. The Hall–Kier alpha value is -2.42. The van der Waals surface area contributed by atoms with Gasteiger partial charge < -0.3 is 15.7 Å². The number of aliphatic hydroxyl groups is 1. The lowest BCUT2D eigenvalue weighted by Crippen LogP contribution is -2.50. The van der Waals surface area contributed by atoms with Crippen LogP contribution >= 0.6 is 23.2 Å². The number of anilines is 2. The predicted octanol–water partition coefficient (Wildman–Crippen LogP) is 3.29. The van der Waals surface area contributed by atoms with Crippen LogP contribution in [-0.4, -0.2) is 34.6 Å². The number of benzene rings is 2. The Labute approximate surface area is 163 Å². The largest absolute Gasteiger partial charge is 0.394 e. The van der Waals surface area contributed by atoms with E-state index in [1.165, 1.54) is 36.4 Å². The molecule has 3 atom stereocenters. The van der Waals surface area contributed by atoms with Crippen molar-refractivity contribution in [3.8, 4) is 0 Å². The van der Waals surface area contributed by atoms with Gasteiger partial charge in [-0.2, -0.15) is 0 Å². The summed E-state index contributed by atoms with van der Waals surface area (Å²) in [5.41, 5.74) is 0.385. The van der Waals surface area contributed by atoms with E-state index in [-0.39, 0.29) is 16.3 Å². The van der Waals surface area contributed by atoms with Gasteiger partial charge in [-0.25, -0.2) is 4.39 Å². The first-order valence-corrected chi connectivity index (χ1v) is 8.64. The van der Waals surface area contributed by atoms with Crippen LogP contribution in [0.4, 0.5) is 15.8 Å². The van der Waals surface area contributed by atoms with E-state index in [0.29, 0.717) is 10.7 Å². The van der Waals surface area contributed by atoms with Gasteiger partial charge in [0.1, 0.15) is 17.8 Å². The minimum absolute atomic E-state index is 0.229. The Morgan fingerprint density at radius 1 is 1.22 bits per heavy atom. The van der Waals surface area contributed by atoms with Crippen molar-refractivity contribution in [2.24, 2.45) is 0 Å². The van der Waals surface area contributed by atoms with Crippen LogP contribution in [0.2, 0.25) is 10.0 Å². The van der Waals surface area contributed by atoms with Crippen LogP contribution in [-0.2, 0) is 4.79 Å². The van der Waals surface area contributed by atoms with Gasteiger partial charge in [0.25, 0.3) is 6.04 Å². The maximum absolute atomic E-state index is 14.6. The average molecular weight is 414 g/mol. The molecule has 3 rings (SSSR count). The number of hydrogen-bond donors (Lipinski definition) is 3. The number of amides is 1. The molecule has 142 valence electrons. The third-order valence-electron chi connectivity index (χ3n) is 4.37. The first-order chi connectivity index (χ1) is 12.8. The molecule has 0 saturated heterocycles. The normalized spacial score (nSPS) is 22.1. The molecule has 0 spiro atoms. The van der Waals surface area contributed by atoms with Crippen molar-refractivity contribution in [1.29, 1.82) is 0 Å². The summed E-state index contributed by atoms with van der Waals surface area (Å²) in [7, 11) is 0. The lowest BCUT2D eigenvalue weighted by molar-refractivity contribution is -0.527. The highest BCUT2D eigenvalue weighted by atomic mass is 35.5. The van der Waals surface area contributed by atoms with Gasteiger partial charge in [0.05, 0.1) is 23.0 Å². The molecule has 0 radical (unpaired) electrons. The molecule has 1 aliphatic rings. The van der Waals surface area contributed by atoms with Crippen molar-refractivity contribution in [2.45, 2.75) is 18.0 Å². The number of fused-ring (bicyclic) bond motifs is 1. The molecule has 0 bridgehead atoms. The molecule has 7 nitrogen and oxygen atoms in total. The monoisotopic (exact) mass is 413 g/mol. The van der Waals surface area contributed by atoms with Gasteiger partial charge in [-0.15, -0.1) is 0 Å². The second kappa shape index (κ2) is 7.67. The number of carbonyl (C=O) groups is 1. The highest BCUT2D eigenvalue weighted by molar-refractivity contribution is 6.31. The lowest BCUT2D eigenvalue weighted by atomic mass is 9.85. The fourth-order valence-corrected chi connectivity index (χ4v) is 3.49. The summed E-state index contributed by atoms with van der Waals surface area (Å²) in [4.78, 5) is 24.0. The van der Waals surface area contributed by atoms with Gasteiger partial charge in [0.2, 0.25) is 5.91 Å². The molecule has 0 unspecified atom stereocenters. The summed E-state index contributed by atoms with van der Waals surface area (Å²) < 4.78 is 14.6. The van der Waals surface area contributed by atoms with E-state index in [2.05, 4.69) is 10.6 Å². The number of nitrogens with zero attached hydrogens (tertiary/aromatic N) is 1. The Morgan fingerprint density at radius 3 is 2.63 bits per heavy atom. The van der Waals surface area contributed by atoms with Gasteiger partial charge in [-0.3, -0.25) is 14.9 Å². The fourth-order valence-electron chi connectivity index (χ4n) is 3.14. The van der Waals surface area contributed by atoms with E-state index in [1.54, 1.807) is 0 Å². The number of carbonyl (C=O) groups excluding carboxylic acids is 1. The number of halogens is 3. The zero-order valence-corrected chi connectivity index (χ0v) is 15.2. The summed E-state index contributed by atoms with van der Waals surface area (Å²) in [5, 5.41) is 27.0. The minimum atomic E-state index is -1.65. The Kier molecular flexibility index (Phi) is 5.50. The quantitative estimate of drug-likeness (QED) is 0.528. The molecule has 10 heteroatoms. The molecule has 3 N–H and O–H groups in total. The molecule has 2 aromatic rings. The van der Waals surface area contributed by atoms with Gasteiger partial charge >= 0.3 is 0 Å². The maximum Gasteiger partial charge on any atom is 0.250 e. The molecule has 0 fully saturated rings. The summed E-state index contributed by atoms with van der Waals surface area (Å²) in [6.07, 6.45) is 0. The van der Waals surface area contributed by atoms with E-state index < -0.39 is 41.3 Å². The van der Waals surface area contributed by atoms with Crippen LogP contribution in [0, 0.1) is 15.9 Å². The molecule has 0 aliphatic carbocycles. The average Bonchev–Trinajstić information content (AvgIpc) is 2.61. The molecule has 1 heterocycles. The third kappa shape index (κ3) is 3.69. The molecule has 0 saturated carbocycles. The Bertz CT molecular complexity index is 912. The van der Waals surface area contributed by atoms with Crippen LogP contribution in [0.15, 0.2) is 36.4 Å². The molecule has 2 aromatic carbocycles. The lowest BCUT2D eigenvalue weighted by Gasteiger charge is -2.31. The summed E-state index contributed by atoms with van der Waals surface area (Å²) in [6, 6.07) is 5.64. The van der Waals surface area contributed by atoms with Crippen molar-refractivity contribution in [3.05, 3.63) is 67.9 Å². The second-order valence-electron chi connectivity index (χ2n) is 6.01. The smallest absolute Gasteiger partial charge is 0.250 e. The van der Waals surface area contributed by atoms with Gasteiger partial charge in [0, 0.05) is 15.5 Å². The highest BCUT2D eigenvalue weighted by Crippen LogP contribution is 2.36. The van der Waals surface area contributed by atoms with Gasteiger partial charge in [-0.1, -0.05) is 35.3 Å². The minimum Gasteiger partial charge on any atom is -0.394 e. The van der Waals surface area contributed by atoms with Gasteiger partial charge in [-0.05, 0) is 24.3 Å². The Morgan fingerprint density at radius 2 is 1.96 bits per heavy atom. The van der Waals surface area contributed by atoms with E-state index in [1.807, 2.05) is 0 Å². The van der Waals surface area contributed by atoms with Crippen molar-refractivity contribution >= 4 is 40.5 Å². The van der Waals surface area contributed by atoms with Crippen LogP contribution in [0.5, 0.6) is 0 Å². The van der Waals surface area contributed by atoms with E-state index >= 15 is 0 Å². The first kappa shape index (κ1) is 19.3. The van der Waals surface area contributed by atoms with E-state index in [0.717, 1.165) is 0 Å². The van der Waals surface area contributed by atoms with Crippen molar-refractivity contribution in [1.82, 2.24) is 0 Å². The molecule has 1 amide bonds. The molecular formula is C17H14Cl2FN3O4. The number of aliphatic hydroxyl groups excluding tert-OH is 1. The van der Waals surface area contributed by atoms with Crippen molar-refractivity contribution in [2.75, 3.05) is 17.2 Å². The number of nitro groups is 1. The van der Waals surface area contributed by atoms with Crippen LogP contribution in [0.1, 0.15) is 11.5 Å². The predicted molar refractivity (Wildman–Crippen MR) is 99.5 cm³/mol. The van der Waals surface area contributed by atoms with Crippen LogP contribution < -0.4 is 10.6 Å². The molecular weight excluding hydrogens is 400 g/mol. The first-order valence-electron chi connectivity index (χ1n) is 7.88.